The molecule has 0 saturated heterocycles. The Morgan fingerprint density at radius 1 is 0.434 bits per heavy atom. The first-order valence-electron chi connectivity index (χ1n) is 22.9. The molecule has 2 heterocycles. The molecule has 10 rings (SSSR count). The molecule has 0 fully saturated rings. The lowest BCUT2D eigenvalue weighted by molar-refractivity contribution is 0.478. The van der Waals surface area contributed by atoms with Crippen LogP contribution in [0.5, 0.6) is 23.0 Å². The van der Waals surface area contributed by atoms with E-state index in [1.165, 1.54) is 59.9 Å². The molecule has 10 aromatic rings. The number of rotatable bonds is 13. The van der Waals surface area contributed by atoms with Gasteiger partial charge in [-0.25, -0.2) is 4.57 Å². The van der Waals surface area contributed by atoms with Crippen molar-refractivity contribution < 1.29 is 61.4 Å². The van der Waals surface area contributed by atoms with E-state index in [0.717, 1.165) is 53.1 Å². The smallest absolute Gasteiger partial charge is 0.294 e. The van der Waals surface area contributed by atoms with Crippen LogP contribution in [0.1, 0.15) is 50.7 Å². The maximum absolute atomic E-state index is 15.6. The molecule has 0 bridgehead atoms. The molecule has 2 aromatic heterocycles. The van der Waals surface area contributed by atoms with Crippen LogP contribution in [0, 0.1) is 0 Å². The van der Waals surface area contributed by atoms with Crippen LogP contribution in [0.4, 0.5) is 0 Å². The van der Waals surface area contributed by atoms with Gasteiger partial charge in [0.05, 0.1) is 40.7 Å². The van der Waals surface area contributed by atoms with Crippen molar-refractivity contribution in [3.8, 4) is 50.9 Å². The first kappa shape index (κ1) is 52.1. The summed E-state index contributed by atoms with van der Waals surface area (Å²) in [5.41, 5.74) is 0.716. The zero-order valence-electron chi connectivity index (χ0n) is 40.1. The Labute approximate surface area is 438 Å². The predicted molar refractivity (Wildman–Crippen MR) is 289 cm³/mol. The zero-order valence-corrected chi connectivity index (χ0v) is 44.2. The molecule has 0 spiro atoms. The summed E-state index contributed by atoms with van der Waals surface area (Å²) in [4.78, 5) is 29.2. The number of hydrogen-bond donors (Lipinski definition) is 4. The van der Waals surface area contributed by atoms with Gasteiger partial charge in [0.1, 0.15) is 23.0 Å². The number of aromatic nitrogens is 1. The number of fused-ring (bicyclic) bond motifs is 2. The predicted octanol–water partition coefficient (Wildman–Crippen LogP) is 11.5. The van der Waals surface area contributed by atoms with Gasteiger partial charge < -0.3 is 9.47 Å². The number of ether oxygens (including phenoxy) is 2. The second-order valence-electron chi connectivity index (χ2n) is 18.4. The molecule has 0 aliphatic carbocycles. The highest BCUT2D eigenvalue weighted by Gasteiger charge is 2.29. The minimum atomic E-state index is -4.84. The van der Waals surface area contributed by atoms with Gasteiger partial charge in [-0.2, -0.15) is 33.7 Å². The maximum Gasteiger partial charge on any atom is 0.294 e. The summed E-state index contributed by atoms with van der Waals surface area (Å²) >= 11 is 1.21. The first-order valence-corrected chi connectivity index (χ1v) is 29.5. The van der Waals surface area contributed by atoms with E-state index in [0.29, 0.717) is 42.4 Å². The van der Waals surface area contributed by atoms with Gasteiger partial charge in [-0.3, -0.25) is 27.8 Å². The third kappa shape index (κ3) is 9.30. The summed E-state index contributed by atoms with van der Waals surface area (Å²) in [5.74, 6) is -0.452. The van der Waals surface area contributed by atoms with Crippen LogP contribution >= 0.6 is 11.3 Å². The summed E-state index contributed by atoms with van der Waals surface area (Å²) in [6.07, 6.45) is 0. The molecule has 22 heteroatoms. The van der Waals surface area contributed by atoms with Gasteiger partial charge in [0.15, 0.2) is 0 Å². The minimum Gasteiger partial charge on any atom is -0.456 e. The number of benzene rings is 8. The maximum atomic E-state index is 15.6. The van der Waals surface area contributed by atoms with Gasteiger partial charge >= 0.3 is 0 Å². The van der Waals surface area contributed by atoms with Crippen molar-refractivity contribution in [1.82, 2.24) is 4.57 Å². The fourth-order valence-corrected chi connectivity index (χ4v) is 12.5. The first-order chi connectivity index (χ1) is 35.7. The van der Waals surface area contributed by atoms with Crippen LogP contribution in [0.3, 0.4) is 0 Å². The largest absolute Gasteiger partial charge is 0.456 e. The van der Waals surface area contributed by atoms with Gasteiger partial charge in [-0.1, -0.05) is 88.4 Å². The molecule has 0 atom stereocenters. The van der Waals surface area contributed by atoms with Crippen molar-refractivity contribution in [2.45, 2.75) is 59.1 Å². The third-order valence-electron chi connectivity index (χ3n) is 13.0. The number of nitrogens with zero attached hydrogens (tertiary/aromatic N) is 1. The molecule has 76 heavy (non-hydrogen) atoms. The molecule has 0 radical (unpaired) electrons. The molecule has 388 valence electrons. The van der Waals surface area contributed by atoms with Crippen LogP contribution in [-0.2, 0) is 40.5 Å². The van der Waals surface area contributed by atoms with E-state index in [-0.39, 0.29) is 73.2 Å². The second-order valence-corrected chi connectivity index (χ2v) is 25.1. The zero-order chi connectivity index (χ0) is 54.6. The van der Waals surface area contributed by atoms with Gasteiger partial charge in [0, 0.05) is 37.4 Å². The Morgan fingerprint density at radius 3 is 1.30 bits per heavy atom. The summed E-state index contributed by atoms with van der Waals surface area (Å²) in [6.45, 7) is 7.71. The Morgan fingerprint density at radius 2 is 0.855 bits per heavy atom. The number of para-hydroxylation sites is 1. The van der Waals surface area contributed by atoms with Crippen LogP contribution in [-0.4, -0.2) is 56.4 Å². The lowest BCUT2D eigenvalue weighted by atomic mass is 9.91. The van der Waals surface area contributed by atoms with Gasteiger partial charge in [0.25, 0.3) is 51.6 Å². The molecule has 0 amide bonds. The van der Waals surface area contributed by atoms with Crippen molar-refractivity contribution in [2.24, 2.45) is 0 Å². The number of hydrogen-bond acceptors (Lipinski definition) is 13. The van der Waals surface area contributed by atoms with E-state index < -0.39 is 71.2 Å². The molecule has 0 saturated carbocycles. The Balaban J connectivity index is 1.34. The molecule has 8 aromatic carbocycles. The molecular weight excluding hydrogens is 1080 g/mol. The fourth-order valence-electron chi connectivity index (χ4n) is 9.42. The van der Waals surface area contributed by atoms with Crippen molar-refractivity contribution in [2.75, 3.05) is 0 Å². The van der Waals surface area contributed by atoms with E-state index in [9.17, 15) is 51.9 Å². The van der Waals surface area contributed by atoms with E-state index in [4.69, 9.17) is 9.47 Å². The van der Waals surface area contributed by atoms with Crippen molar-refractivity contribution in [3.63, 3.8) is 0 Å². The SMILES string of the molecule is CC(C)c1cccc(C(C)C)c1-n1c(=O)c2cc(Oc3ccc(S(=O)(=O)O)cc3-c3ccc(S(=O)(=O)O)cc3)c3sc4ccccc4c4c(Oc5ccc(S(=O)(=O)O)cc5-c5ccc(S(=O)(=O)O)cc5)cc(c1=O)c2c34. The molecular formula is C54H41NO16S5. The van der Waals surface area contributed by atoms with Crippen LogP contribution < -0.4 is 20.6 Å². The molecule has 17 nitrogen and oxygen atoms in total. The molecule has 0 unspecified atom stereocenters. The Kier molecular flexibility index (Phi) is 12.8. The highest BCUT2D eigenvalue weighted by molar-refractivity contribution is 7.86. The van der Waals surface area contributed by atoms with Gasteiger partial charge in [-0.05, 0) is 113 Å². The monoisotopic (exact) mass is 1120 g/mol. The Hall–Kier alpha value is -7.38. The van der Waals surface area contributed by atoms with Crippen LogP contribution in [0.2, 0.25) is 0 Å². The Bertz CT molecular complexity index is 4610. The standard InChI is InChI=1S/C54H41NO16S5/c1-28(2)36-9-7-10-37(29(3)4)51(36)55-53(56)41-26-45(70-43-22-20-34(75(64,65)66)24-39(43)30-12-16-32(17-13-30)73(58,59)60)49-38-8-5-6-11-47(38)72-52-46(27-42(54(55)57)48(41)50(49)52)71-44-23-21-35(76(67,68)69)25-40(44)31-14-18-33(19-15-31)74(61,62)63/h5-29H,1-4H3,(H,58,59,60)(H,61,62,63)(H,64,65,66)(H,67,68,69). The van der Waals surface area contributed by atoms with Crippen LogP contribution in [0.15, 0.2) is 169 Å². The van der Waals surface area contributed by atoms with E-state index in [1.54, 1.807) is 24.3 Å². The van der Waals surface area contributed by atoms with E-state index in [1.807, 2.05) is 45.9 Å². The van der Waals surface area contributed by atoms with Crippen LogP contribution in [0.25, 0.3) is 69.7 Å². The van der Waals surface area contributed by atoms with E-state index >= 15 is 9.59 Å². The topological polar surface area (TPSA) is 275 Å². The number of pyridine rings is 1. The fraction of sp³-hybridized carbons (Fsp3) is 0.111. The van der Waals surface area contributed by atoms with Gasteiger partial charge in [-0.15, -0.1) is 11.3 Å². The average molecular weight is 1120 g/mol. The highest BCUT2D eigenvalue weighted by atomic mass is 32.2. The second kappa shape index (κ2) is 18.7. The summed E-state index contributed by atoms with van der Waals surface area (Å²) in [6, 6.07) is 32.0. The van der Waals surface area contributed by atoms with E-state index in [2.05, 4.69) is 0 Å². The van der Waals surface area contributed by atoms with Crippen molar-refractivity contribution in [3.05, 3.63) is 171 Å². The third-order valence-corrected chi connectivity index (χ3v) is 17.6. The summed E-state index contributed by atoms with van der Waals surface area (Å²) < 4.78 is 154. The van der Waals surface area contributed by atoms with Crippen molar-refractivity contribution >= 4 is 93.5 Å². The molecule has 0 aliphatic rings. The summed E-state index contributed by atoms with van der Waals surface area (Å²) in [5, 5.41) is 1.43. The highest BCUT2D eigenvalue weighted by Crippen LogP contribution is 2.51. The molecule has 4 N–H and O–H groups in total. The van der Waals surface area contributed by atoms with Crippen molar-refractivity contribution in [1.29, 1.82) is 0 Å². The van der Waals surface area contributed by atoms with Gasteiger partial charge in [0.2, 0.25) is 0 Å². The quantitative estimate of drug-likeness (QED) is 0.0474. The molecule has 0 aliphatic heterocycles. The summed E-state index contributed by atoms with van der Waals surface area (Å²) in [7, 11) is -19.0. The minimum absolute atomic E-state index is 0.00938. The average Bonchev–Trinajstić information content (AvgIpc) is 3.43. The normalized spacial score (nSPS) is 12.7. The lowest BCUT2D eigenvalue weighted by Crippen LogP contribution is -2.33. The lowest BCUT2D eigenvalue weighted by Gasteiger charge is -2.23.